The average molecular weight is 560 g/mol. The van der Waals surface area contributed by atoms with E-state index in [0.717, 1.165) is 38.5 Å². The number of nitrogens with one attached hydrogen (secondary N) is 1. The topological polar surface area (TPSA) is 149 Å². The molecule has 9 nitrogen and oxygen atoms in total. The molecular formula is C30H57NO8. The van der Waals surface area contributed by atoms with Crippen LogP contribution in [0.2, 0.25) is 0 Å². The lowest BCUT2D eigenvalue weighted by molar-refractivity contribution is -0.302. The van der Waals surface area contributed by atoms with E-state index in [1.165, 1.54) is 57.8 Å². The molecule has 6 N–H and O–H groups in total. The number of aliphatic hydroxyl groups is 5. The third-order valence-electron chi connectivity index (χ3n) is 7.36. The lowest BCUT2D eigenvalue weighted by Crippen LogP contribution is -2.60. The van der Waals surface area contributed by atoms with Gasteiger partial charge in [0.15, 0.2) is 6.29 Å². The van der Waals surface area contributed by atoms with E-state index in [2.05, 4.69) is 19.2 Å². The Morgan fingerprint density at radius 2 is 1.41 bits per heavy atom. The summed E-state index contributed by atoms with van der Waals surface area (Å²) in [7, 11) is 0. The van der Waals surface area contributed by atoms with E-state index in [-0.39, 0.29) is 12.5 Å². The molecule has 0 aliphatic carbocycles. The molecule has 1 amide bonds. The van der Waals surface area contributed by atoms with Crippen LogP contribution in [0.5, 0.6) is 0 Å². The van der Waals surface area contributed by atoms with Gasteiger partial charge in [0.25, 0.3) is 0 Å². The van der Waals surface area contributed by atoms with Crippen LogP contribution in [0.25, 0.3) is 0 Å². The molecule has 1 aliphatic heterocycles. The first kappa shape index (κ1) is 36.0. The van der Waals surface area contributed by atoms with E-state index < -0.39 is 49.5 Å². The standard InChI is InChI=1S/C30H57NO8/c1-3-5-7-8-9-10-11-12-13-14-15-16-18-19-24(33)23(31-26(34)20-17-6-4-2)22-38-30-29(37)28(36)27(35)25(21-32)39-30/h18-19,23-25,27-30,32-33,35-37H,3-17,20-22H2,1-2H3,(H,31,34)/b19-18-/t23-,24+,25+,27-,28-,29+,30+/m0/s1. The van der Waals surface area contributed by atoms with Crippen molar-refractivity contribution in [3.8, 4) is 0 Å². The highest BCUT2D eigenvalue weighted by molar-refractivity contribution is 5.76. The molecule has 0 aromatic rings. The number of rotatable bonds is 23. The van der Waals surface area contributed by atoms with Crippen molar-refractivity contribution in [1.29, 1.82) is 0 Å². The van der Waals surface area contributed by atoms with Crippen molar-refractivity contribution < 1.29 is 39.8 Å². The Hall–Kier alpha value is -1.07. The van der Waals surface area contributed by atoms with E-state index in [9.17, 15) is 30.3 Å². The van der Waals surface area contributed by atoms with Crippen LogP contribution in [0.4, 0.5) is 0 Å². The highest BCUT2D eigenvalue weighted by Crippen LogP contribution is 2.22. The maximum absolute atomic E-state index is 12.4. The van der Waals surface area contributed by atoms with Crippen molar-refractivity contribution in [3.63, 3.8) is 0 Å². The number of unbranched alkanes of at least 4 members (excludes halogenated alkanes) is 13. The van der Waals surface area contributed by atoms with Gasteiger partial charge in [-0.15, -0.1) is 0 Å². The lowest BCUT2D eigenvalue weighted by atomic mass is 9.99. The van der Waals surface area contributed by atoms with Gasteiger partial charge in [-0.3, -0.25) is 4.79 Å². The molecule has 230 valence electrons. The van der Waals surface area contributed by atoms with Crippen LogP contribution in [0.1, 0.15) is 117 Å². The van der Waals surface area contributed by atoms with Gasteiger partial charge in [-0.1, -0.05) is 103 Å². The molecule has 0 bridgehead atoms. The molecule has 0 aromatic heterocycles. The Morgan fingerprint density at radius 3 is 2.00 bits per heavy atom. The predicted octanol–water partition coefficient (Wildman–Crippen LogP) is 3.49. The predicted molar refractivity (Wildman–Crippen MR) is 152 cm³/mol. The SMILES string of the molecule is CCCCCCCCCCCCC/C=C\[C@@H](O)[C@H](CO[C@@H]1O[C@H](CO)[C@H](O)[C@H](O)[C@H]1O)NC(=O)CCCCC. The molecule has 7 atom stereocenters. The Kier molecular flexibility index (Phi) is 20.8. The van der Waals surface area contributed by atoms with Crippen LogP contribution in [0, 0.1) is 0 Å². The number of aliphatic hydroxyl groups excluding tert-OH is 5. The van der Waals surface area contributed by atoms with Crippen LogP contribution in [0.3, 0.4) is 0 Å². The summed E-state index contributed by atoms with van der Waals surface area (Å²) in [5.41, 5.74) is 0. The van der Waals surface area contributed by atoms with Gasteiger partial charge in [-0.05, 0) is 19.3 Å². The smallest absolute Gasteiger partial charge is 0.220 e. The van der Waals surface area contributed by atoms with Gasteiger partial charge >= 0.3 is 0 Å². The zero-order valence-corrected chi connectivity index (χ0v) is 24.4. The molecule has 1 aliphatic rings. The molecule has 0 unspecified atom stereocenters. The molecule has 0 spiro atoms. The number of carbonyl (C=O) groups is 1. The average Bonchev–Trinajstić information content (AvgIpc) is 2.93. The number of carbonyl (C=O) groups excluding carboxylic acids is 1. The summed E-state index contributed by atoms with van der Waals surface area (Å²) in [5, 5.41) is 53.1. The second kappa shape index (κ2) is 22.6. The highest BCUT2D eigenvalue weighted by atomic mass is 16.7. The van der Waals surface area contributed by atoms with Crippen molar-refractivity contribution in [1.82, 2.24) is 5.32 Å². The first-order valence-corrected chi connectivity index (χ1v) is 15.4. The number of hydrogen-bond donors (Lipinski definition) is 6. The number of hydrogen-bond acceptors (Lipinski definition) is 8. The normalized spacial score (nSPS) is 25.2. The second-order valence-corrected chi connectivity index (χ2v) is 10.9. The van der Waals surface area contributed by atoms with E-state index in [1.807, 2.05) is 6.08 Å². The van der Waals surface area contributed by atoms with Crippen LogP contribution >= 0.6 is 0 Å². The Labute approximate surface area is 236 Å². The molecule has 1 heterocycles. The van der Waals surface area contributed by atoms with Gasteiger partial charge in [-0.2, -0.15) is 0 Å². The van der Waals surface area contributed by atoms with E-state index in [4.69, 9.17) is 9.47 Å². The van der Waals surface area contributed by atoms with Gasteiger partial charge in [0.05, 0.1) is 25.4 Å². The van der Waals surface area contributed by atoms with Crippen LogP contribution in [0.15, 0.2) is 12.2 Å². The largest absolute Gasteiger partial charge is 0.394 e. The van der Waals surface area contributed by atoms with Crippen molar-refractivity contribution in [2.24, 2.45) is 0 Å². The number of ether oxygens (including phenoxy) is 2. The monoisotopic (exact) mass is 559 g/mol. The minimum Gasteiger partial charge on any atom is -0.394 e. The van der Waals surface area contributed by atoms with E-state index in [1.54, 1.807) is 6.08 Å². The summed E-state index contributed by atoms with van der Waals surface area (Å²) in [6.45, 7) is 3.54. The third kappa shape index (κ3) is 15.5. The summed E-state index contributed by atoms with van der Waals surface area (Å²) < 4.78 is 11.0. The summed E-state index contributed by atoms with van der Waals surface area (Å²) in [6.07, 6.45) is 13.4. The Bertz CT molecular complexity index is 632. The van der Waals surface area contributed by atoms with Gasteiger partial charge in [0.1, 0.15) is 24.4 Å². The molecular weight excluding hydrogens is 502 g/mol. The van der Waals surface area contributed by atoms with Crippen molar-refractivity contribution in [2.75, 3.05) is 13.2 Å². The molecule has 9 heteroatoms. The Morgan fingerprint density at radius 1 is 0.846 bits per heavy atom. The minimum atomic E-state index is -1.56. The second-order valence-electron chi connectivity index (χ2n) is 10.9. The Balaban J connectivity index is 2.47. The van der Waals surface area contributed by atoms with Gasteiger partial charge in [0, 0.05) is 6.42 Å². The van der Waals surface area contributed by atoms with E-state index in [0.29, 0.717) is 6.42 Å². The quantitative estimate of drug-likeness (QED) is 0.0823. The van der Waals surface area contributed by atoms with Crippen molar-refractivity contribution in [2.45, 2.75) is 159 Å². The number of allylic oxidation sites excluding steroid dienone is 1. The fraction of sp³-hybridized carbons (Fsp3) is 0.900. The zero-order valence-electron chi connectivity index (χ0n) is 24.4. The molecule has 1 fully saturated rings. The van der Waals surface area contributed by atoms with Crippen LogP contribution < -0.4 is 5.32 Å². The molecule has 0 aromatic carbocycles. The molecule has 39 heavy (non-hydrogen) atoms. The molecule has 1 rings (SSSR count). The molecule has 1 saturated heterocycles. The van der Waals surface area contributed by atoms with Gasteiger partial charge in [0.2, 0.25) is 5.91 Å². The van der Waals surface area contributed by atoms with Crippen molar-refractivity contribution in [3.05, 3.63) is 12.2 Å². The third-order valence-corrected chi connectivity index (χ3v) is 7.36. The first-order chi connectivity index (χ1) is 18.8. The summed E-state index contributed by atoms with van der Waals surface area (Å²) in [6, 6.07) is -0.792. The lowest BCUT2D eigenvalue weighted by Gasteiger charge is -2.40. The maximum Gasteiger partial charge on any atom is 0.220 e. The van der Waals surface area contributed by atoms with Crippen LogP contribution in [-0.4, -0.2) is 87.5 Å². The molecule has 0 radical (unpaired) electrons. The van der Waals surface area contributed by atoms with Gasteiger partial charge in [-0.25, -0.2) is 0 Å². The van der Waals surface area contributed by atoms with Crippen LogP contribution in [-0.2, 0) is 14.3 Å². The first-order valence-electron chi connectivity index (χ1n) is 15.4. The van der Waals surface area contributed by atoms with Crippen molar-refractivity contribution >= 4 is 5.91 Å². The summed E-state index contributed by atoms with van der Waals surface area (Å²) >= 11 is 0. The fourth-order valence-electron chi connectivity index (χ4n) is 4.74. The minimum absolute atomic E-state index is 0.188. The summed E-state index contributed by atoms with van der Waals surface area (Å²) in [5.74, 6) is -0.205. The van der Waals surface area contributed by atoms with E-state index >= 15 is 0 Å². The number of amides is 1. The maximum atomic E-state index is 12.4. The van der Waals surface area contributed by atoms with Gasteiger partial charge < -0.3 is 40.3 Å². The zero-order chi connectivity index (χ0) is 28.9. The highest BCUT2D eigenvalue weighted by Gasteiger charge is 2.44. The fourth-order valence-corrected chi connectivity index (χ4v) is 4.74. The summed E-state index contributed by atoms with van der Waals surface area (Å²) in [4.78, 5) is 12.4. The molecule has 0 saturated carbocycles.